The summed E-state index contributed by atoms with van der Waals surface area (Å²) in [4.78, 5) is 25.5. The molecule has 1 aliphatic rings. The van der Waals surface area contributed by atoms with Crippen molar-refractivity contribution >= 4 is 39.4 Å². The zero-order chi connectivity index (χ0) is 19.8. The van der Waals surface area contributed by atoms with Crippen LogP contribution < -0.4 is 11.3 Å². The van der Waals surface area contributed by atoms with Crippen LogP contribution in [0.3, 0.4) is 0 Å². The van der Waals surface area contributed by atoms with Crippen LogP contribution in [-0.2, 0) is 6.42 Å². The van der Waals surface area contributed by atoms with Gasteiger partial charge in [-0.3, -0.25) is 4.79 Å². The number of aromatic nitrogens is 5. The van der Waals surface area contributed by atoms with Gasteiger partial charge in [0.05, 0.1) is 10.4 Å². The number of nitrogen functional groups attached to an aromatic ring is 1. The fourth-order valence-electron chi connectivity index (χ4n) is 3.21. The van der Waals surface area contributed by atoms with Crippen LogP contribution in [0.2, 0.25) is 5.02 Å². The van der Waals surface area contributed by atoms with Gasteiger partial charge in [-0.2, -0.15) is 9.37 Å². The number of aryl methyl sites for hydroxylation is 1. The molecule has 0 unspecified atom stereocenters. The zero-order valence-electron chi connectivity index (χ0n) is 15.1. The molecule has 0 radical (unpaired) electrons. The van der Waals surface area contributed by atoms with Gasteiger partial charge in [-0.25, -0.2) is 9.97 Å². The largest absolute Gasteiger partial charge is 0.382 e. The molecule has 5 rings (SSSR count). The van der Waals surface area contributed by atoms with Crippen LogP contribution in [0, 0.1) is 6.08 Å². The third-order valence-corrected chi connectivity index (χ3v) is 4.99. The number of aromatic amines is 1. The Hall–Kier alpha value is -3.00. The number of hydrogen-bond acceptors (Lipinski definition) is 5. The molecule has 3 N–H and O–H groups in total. The van der Waals surface area contributed by atoms with E-state index in [4.69, 9.17) is 17.3 Å². The van der Waals surface area contributed by atoms with Gasteiger partial charge in [-0.1, -0.05) is 30.7 Å². The fourth-order valence-corrected chi connectivity index (χ4v) is 3.47. The first kappa shape index (κ1) is 18.4. The molecule has 1 aromatic carbocycles. The zero-order valence-corrected chi connectivity index (χ0v) is 15.9. The van der Waals surface area contributed by atoms with Gasteiger partial charge in [-0.15, -0.1) is 0 Å². The minimum Gasteiger partial charge on any atom is -0.382 e. The second kappa shape index (κ2) is 7.20. The summed E-state index contributed by atoms with van der Waals surface area (Å²) < 4.78 is 14.4. The summed E-state index contributed by atoms with van der Waals surface area (Å²) in [5.74, 6) is 0.200. The number of imidazole rings is 1. The quantitative estimate of drug-likeness (QED) is 0.500. The minimum absolute atomic E-state index is 0.0763. The van der Waals surface area contributed by atoms with Crippen molar-refractivity contribution in [1.29, 1.82) is 0 Å². The maximum atomic E-state index is 12.5. The lowest BCUT2D eigenvalue weighted by molar-refractivity contribution is 0.556. The Balaban J connectivity index is 0.000000151. The number of fused-ring (bicyclic) bond motifs is 2. The normalized spacial score (nSPS) is 13.5. The molecule has 0 atom stereocenters. The van der Waals surface area contributed by atoms with Crippen molar-refractivity contribution in [1.82, 2.24) is 24.5 Å². The predicted molar refractivity (Wildman–Crippen MR) is 107 cm³/mol. The van der Waals surface area contributed by atoms with E-state index in [1.54, 1.807) is 6.07 Å². The minimum atomic E-state index is -0.702. The van der Waals surface area contributed by atoms with Crippen LogP contribution in [-0.4, -0.2) is 24.5 Å². The smallest absolute Gasteiger partial charge is 0.289 e. The third kappa shape index (κ3) is 3.31. The van der Waals surface area contributed by atoms with E-state index in [0.29, 0.717) is 22.0 Å². The number of H-pyrrole nitrogens is 1. The van der Waals surface area contributed by atoms with Crippen molar-refractivity contribution in [2.45, 2.75) is 32.2 Å². The molecule has 1 fully saturated rings. The molecule has 0 saturated heterocycles. The monoisotopic (exact) mass is 400 g/mol. The number of hydrogen-bond donors (Lipinski definition) is 2. The Morgan fingerprint density at radius 2 is 2.14 bits per heavy atom. The lowest BCUT2D eigenvalue weighted by atomic mass is 10.1. The lowest BCUT2D eigenvalue weighted by Gasteiger charge is -2.12. The summed E-state index contributed by atoms with van der Waals surface area (Å²) in [6, 6.07) is 8.14. The van der Waals surface area contributed by atoms with Gasteiger partial charge in [-0.05, 0) is 36.8 Å². The first-order valence-corrected chi connectivity index (χ1v) is 9.31. The number of halogens is 2. The molecule has 9 heteroatoms. The lowest BCUT2D eigenvalue weighted by Crippen LogP contribution is -2.22. The highest BCUT2D eigenvalue weighted by Gasteiger charge is 2.27. The molecule has 0 spiro atoms. The van der Waals surface area contributed by atoms with E-state index in [2.05, 4.69) is 32.9 Å². The number of nitrogens with one attached hydrogen (secondary N) is 1. The number of nitrogens with zero attached hydrogens (tertiary/aromatic N) is 4. The molecule has 28 heavy (non-hydrogen) atoms. The summed E-state index contributed by atoms with van der Waals surface area (Å²) in [5, 5.41) is 2.18. The van der Waals surface area contributed by atoms with E-state index >= 15 is 0 Å². The van der Waals surface area contributed by atoms with E-state index in [-0.39, 0.29) is 17.0 Å². The van der Waals surface area contributed by atoms with Crippen molar-refractivity contribution in [3.63, 3.8) is 0 Å². The molecule has 7 nitrogen and oxygen atoms in total. The highest BCUT2D eigenvalue weighted by atomic mass is 35.5. The fraction of sp³-hybridized carbons (Fsp3) is 0.263. The van der Waals surface area contributed by atoms with Gasteiger partial charge in [0.1, 0.15) is 11.8 Å². The SMILES string of the molecule is CCc1cc2cccc(Cl)c2c(=O)n1C1CC1.Nc1ncnc2nc(F)[nH]c12. The van der Waals surface area contributed by atoms with E-state index in [1.165, 1.54) is 6.33 Å². The van der Waals surface area contributed by atoms with E-state index < -0.39 is 6.08 Å². The predicted octanol–water partition coefficient (Wildman–Crippen LogP) is 3.63. The summed E-state index contributed by atoms with van der Waals surface area (Å²) in [6.45, 7) is 2.09. The molecule has 144 valence electrons. The average Bonchev–Trinajstić information content (AvgIpc) is 3.42. The van der Waals surface area contributed by atoms with Gasteiger partial charge in [0.25, 0.3) is 11.6 Å². The topological polar surface area (TPSA) is 102 Å². The van der Waals surface area contributed by atoms with Gasteiger partial charge >= 0.3 is 0 Å². The summed E-state index contributed by atoms with van der Waals surface area (Å²) in [6.07, 6.45) is 3.64. The van der Waals surface area contributed by atoms with E-state index in [0.717, 1.165) is 30.3 Å². The Morgan fingerprint density at radius 1 is 1.36 bits per heavy atom. The van der Waals surface area contributed by atoms with E-state index in [1.807, 2.05) is 16.7 Å². The van der Waals surface area contributed by atoms with Crippen LogP contribution in [0.5, 0.6) is 0 Å². The van der Waals surface area contributed by atoms with Crippen molar-refractivity contribution in [2.75, 3.05) is 5.73 Å². The second-order valence-corrected chi connectivity index (χ2v) is 6.99. The Kier molecular flexibility index (Phi) is 4.72. The van der Waals surface area contributed by atoms with Crippen LogP contribution >= 0.6 is 11.6 Å². The van der Waals surface area contributed by atoms with Crippen LogP contribution in [0.25, 0.3) is 21.9 Å². The van der Waals surface area contributed by atoms with Gasteiger partial charge in [0.15, 0.2) is 11.5 Å². The first-order chi connectivity index (χ1) is 13.5. The van der Waals surface area contributed by atoms with Crippen LogP contribution in [0.1, 0.15) is 31.5 Å². The summed E-state index contributed by atoms with van der Waals surface area (Å²) >= 11 is 6.14. The molecule has 0 aliphatic heterocycles. The standard InChI is InChI=1S/C14H14ClNO.C5H4FN5/c1-2-10-8-9-4-3-5-12(15)13(9)14(17)16(10)11-6-7-11;6-5-10-2-3(7)8-1-9-4(2)11-5/h3-5,8,11H,2,6-7H2,1H3;1H,(H3,7,8,9,10,11). The Bertz CT molecular complexity index is 1230. The molecular weight excluding hydrogens is 383 g/mol. The number of anilines is 1. The molecule has 3 heterocycles. The Labute approximate surface area is 164 Å². The maximum absolute atomic E-state index is 12.5. The molecule has 3 aromatic heterocycles. The third-order valence-electron chi connectivity index (χ3n) is 4.67. The van der Waals surface area contributed by atoms with Crippen LogP contribution in [0.15, 0.2) is 35.4 Å². The summed E-state index contributed by atoms with van der Waals surface area (Å²) in [5.41, 5.74) is 7.16. The molecular formula is C19H18ClFN6O. The van der Waals surface area contributed by atoms with Crippen molar-refractivity contribution in [3.05, 3.63) is 57.7 Å². The molecule has 1 aliphatic carbocycles. The first-order valence-electron chi connectivity index (χ1n) is 8.94. The highest BCUT2D eigenvalue weighted by molar-refractivity contribution is 6.35. The van der Waals surface area contributed by atoms with Crippen molar-refractivity contribution < 1.29 is 4.39 Å². The molecule has 4 aromatic rings. The van der Waals surface area contributed by atoms with Crippen LogP contribution in [0.4, 0.5) is 10.2 Å². The number of benzene rings is 1. The highest BCUT2D eigenvalue weighted by Crippen LogP contribution is 2.35. The maximum Gasteiger partial charge on any atom is 0.289 e. The molecule has 1 saturated carbocycles. The van der Waals surface area contributed by atoms with Crippen molar-refractivity contribution in [3.8, 4) is 0 Å². The Morgan fingerprint density at radius 3 is 2.82 bits per heavy atom. The second-order valence-electron chi connectivity index (χ2n) is 6.58. The molecule has 0 bridgehead atoms. The van der Waals surface area contributed by atoms with Gasteiger partial charge < -0.3 is 15.3 Å². The van der Waals surface area contributed by atoms with E-state index in [9.17, 15) is 9.18 Å². The number of rotatable bonds is 2. The molecule has 0 amide bonds. The average molecular weight is 401 g/mol. The van der Waals surface area contributed by atoms with Gasteiger partial charge in [0.2, 0.25) is 0 Å². The number of pyridine rings is 1. The summed E-state index contributed by atoms with van der Waals surface area (Å²) in [7, 11) is 0. The van der Waals surface area contributed by atoms with Crippen molar-refractivity contribution in [2.24, 2.45) is 0 Å². The van der Waals surface area contributed by atoms with Gasteiger partial charge in [0, 0.05) is 11.7 Å². The number of nitrogens with two attached hydrogens (primary N) is 1.